The number of benzene rings is 2. The quantitative estimate of drug-likeness (QED) is 0.898. The Balaban J connectivity index is 1.85. The third kappa shape index (κ3) is 2.68. The Morgan fingerprint density at radius 2 is 1.62 bits per heavy atom. The summed E-state index contributed by atoms with van der Waals surface area (Å²) in [7, 11) is 0. The molecule has 0 fully saturated rings. The summed E-state index contributed by atoms with van der Waals surface area (Å²) in [4.78, 5) is 0. The third-order valence-corrected chi connectivity index (χ3v) is 3.93. The van der Waals surface area contributed by atoms with E-state index in [0.717, 1.165) is 17.2 Å². The number of nitrogens with one attached hydrogen (secondary N) is 1. The summed E-state index contributed by atoms with van der Waals surface area (Å²) in [6, 6.07) is 10.7. The molecule has 1 aliphatic heterocycles. The standard InChI is InChI=1S/C18H21NO2/c1-11-7-12(2)18(13(3)8-11)14(4)19-15-5-6-16-17(9-15)21-10-20-16/h5-9,14,19H,10H2,1-4H3. The second-order valence-corrected chi connectivity index (χ2v) is 5.75. The maximum Gasteiger partial charge on any atom is 0.231 e. The van der Waals surface area contributed by atoms with Gasteiger partial charge in [0.25, 0.3) is 0 Å². The highest BCUT2D eigenvalue weighted by Crippen LogP contribution is 2.35. The van der Waals surface area contributed by atoms with Gasteiger partial charge in [-0.1, -0.05) is 17.7 Å². The van der Waals surface area contributed by atoms with Crippen molar-refractivity contribution in [2.24, 2.45) is 0 Å². The molecule has 1 atom stereocenters. The van der Waals surface area contributed by atoms with E-state index in [-0.39, 0.29) is 6.04 Å². The summed E-state index contributed by atoms with van der Waals surface area (Å²) in [5, 5.41) is 3.55. The molecule has 2 aromatic carbocycles. The fraction of sp³-hybridized carbons (Fsp3) is 0.333. The zero-order chi connectivity index (χ0) is 15.0. The Morgan fingerprint density at radius 1 is 0.952 bits per heavy atom. The van der Waals surface area contributed by atoms with E-state index in [1.54, 1.807) is 0 Å². The van der Waals surface area contributed by atoms with Gasteiger partial charge in [0.05, 0.1) is 0 Å². The number of rotatable bonds is 3. The van der Waals surface area contributed by atoms with E-state index in [1.165, 1.54) is 22.3 Å². The van der Waals surface area contributed by atoms with Gasteiger partial charge in [0, 0.05) is 17.8 Å². The van der Waals surface area contributed by atoms with Crippen molar-refractivity contribution in [3.63, 3.8) is 0 Å². The Bertz CT molecular complexity index is 656. The fourth-order valence-corrected chi connectivity index (χ4v) is 3.18. The molecule has 1 aliphatic rings. The van der Waals surface area contributed by atoms with Crippen molar-refractivity contribution in [2.75, 3.05) is 12.1 Å². The molecule has 0 aromatic heterocycles. The topological polar surface area (TPSA) is 30.5 Å². The van der Waals surface area contributed by atoms with Crippen LogP contribution in [0.5, 0.6) is 11.5 Å². The highest BCUT2D eigenvalue weighted by Gasteiger charge is 2.16. The monoisotopic (exact) mass is 283 g/mol. The van der Waals surface area contributed by atoms with Crippen molar-refractivity contribution in [1.82, 2.24) is 0 Å². The minimum Gasteiger partial charge on any atom is -0.454 e. The van der Waals surface area contributed by atoms with Crippen molar-refractivity contribution in [1.29, 1.82) is 0 Å². The molecule has 1 N–H and O–H groups in total. The van der Waals surface area contributed by atoms with E-state index in [4.69, 9.17) is 9.47 Å². The minimum absolute atomic E-state index is 0.242. The first-order valence-corrected chi connectivity index (χ1v) is 7.28. The fourth-order valence-electron chi connectivity index (χ4n) is 3.18. The van der Waals surface area contributed by atoms with Crippen LogP contribution >= 0.6 is 0 Å². The lowest BCUT2D eigenvalue weighted by molar-refractivity contribution is 0.174. The van der Waals surface area contributed by atoms with E-state index in [1.807, 2.05) is 18.2 Å². The normalized spacial score (nSPS) is 14.1. The molecule has 0 bridgehead atoms. The van der Waals surface area contributed by atoms with Crippen LogP contribution in [-0.4, -0.2) is 6.79 Å². The van der Waals surface area contributed by atoms with Crippen LogP contribution in [0.3, 0.4) is 0 Å². The largest absolute Gasteiger partial charge is 0.454 e. The number of hydrogen-bond acceptors (Lipinski definition) is 3. The van der Waals surface area contributed by atoms with Crippen molar-refractivity contribution in [3.8, 4) is 11.5 Å². The van der Waals surface area contributed by atoms with Crippen LogP contribution in [0.25, 0.3) is 0 Å². The lowest BCUT2D eigenvalue weighted by Crippen LogP contribution is -2.10. The minimum atomic E-state index is 0.242. The van der Waals surface area contributed by atoms with Gasteiger partial charge in [-0.25, -0.2) is 0 Å². The summed E-state index contributed by atoms with van der Waals surface area (Å²) in [6.07, 6.45) is 0. The van der Waals surface area contributed by atoms with Gasteiger partial charge < -0.3 is 14.8 Å². The van der Waals surface area contributed by atoms with Gasteiger partial charge in [0.2, 0.25) is 6.79 Å². The Hall–Kier alpha value is -2.16. The molecule has 3 nitrogen and oxygen atoms in total. The smallest absolute Gasteiger partial charge is 0.231 e. The second-order valence-electron chi connectivity index (χ2n) is 5.75. The van der Waals surface area contributed by atoms with Gasteiger partial charge in [-0.2, -0.15) is 0 Å². The maximum atomic E-state index is 5.43. The van der Waals surface area contributed by atoms with Crippen molar-refractivity contribution >= 4 is 5.69 Å². The molecule has 0 saturated carbocycles. The lowest BCUT2D eigenvalue weighted by Gasteiger charge is -2.21. The Morgan fingerprint density at radius 3 is 2.33 bits per heavy atom. The Kier molecular flexibility index (Phi) is 3.50. The number of aryl methyl sites for hydroxylation is 3. The first kappa shape index (κ1) is 13.8. The molecule has 3 heteroatoms. The van der Waals surface area contributed by atoms with Crippen molar-refractivity contribution in [3.05, 3.63) is 52.6 Å². The zero-order valence-electron chi connectivity index (χ0n) is 13.0. The van der Waals surface area contributed by atoms with Crippen LogP contribution in [0.15, 0.2) is 30.3 Å². The molecule has 1 unspecified atom stereocenters. The van der Waals surface area contributed by atoms with Gasteiger partial charge in [0.15, 0.2) is 11.5 Å². The average Bonchev–Trinajstić information content (AvgIpc) is 2.84. The van der Waals surface area contributed by atoms with Crippen molar-refractivity contribution in [2.45, 2.75) is 33.7 Å². The number of anilines is 1. The van der Waals surface area contributed by atoms with Gasteiger partial charge in [-0.15, -0.1) is 0 Å². The van der Waals surface area contributed by atoms with E-state index in [9.17, 15) is 0 Å². The summed E-state index contributed by atoms with van der Waals surface area (Å²) < 4.78 is 10.8. The number of hydrogen-bond donors (Lipinski definition) is 1. The number of ether oxygens (including phenoxy) is 2. The molecule has 0 spiro atoms. The maximum absolute atomic E-state index is 5.43. The Labute approximate surface area is 125 Å². The summed E-state index contributed by atoms with van der Waals surface area (Å²) in [6.45, 7) is 8.99. The van der Waals surface area contributed by atoms with Crippen LogP contribution in [-0.2, 0) is 0 Å². The number of fused-ring (bicyclic) bond motifs is 1. The van der Waals surface area contributed by atoms with E-state index in [0.29, 0.717) is 6.79 Å². The third-order valence-electron chi connectivity index (χ3n) is 3.93. The average molecular weight is 283 g/mol. The van der Waals surface area contributed by atoms with Crippen LogP contribution < -0.4 is 14.8 Å². The molecule has 110 valence electrons. The second kappa shape index (κ2) is 5.32. The first-order chi connectivity index (χ1) is 10.0. The molecule has 0 saturated heterocycles. The summed E-state index contributed by atoms with van der Waals surface area (Å²) in [5.74, 6) is 1.63. The van der Waals surface area contributed by atoms with E-state index >= 15 is 0 Å². The molecule has 21 heavy (non-hydrogen) atoms. The molecular formula is C18H21NO2. The van der Waals surface area contributed by atoms with Gasteiger partial charge in [0.1, 0.15) is 0 Å². The molecule has 1 heterocycles. The van der Waals surface area contributed by atoms with Gasteiger partial charge in [-0.05, 0) is 56.5 Å². The van der Waals surface area contributed by atoms with Gasteiger partial charge >= 0.3 is 0 Å². The molecular weight excluding hydrogens is 262 g/mol. The highest BCUT2D eigenvalue weighted by atomic mass is 16.7. The van der Waals surface area contributed by atoms with Crippen LogP contribution in [0.1, 0.15) is 35.2 Å². The van der Waals surface area contributed by atoms with Crippen molar-refractivity contribution < 1.29 is 9.47 Å². The van der Waals surface area contributed by atoms with E-state index < -0.39 is 0 Å². The lowest BCUT2D eigenvalue weighted by atomic mass is 9.95. The molecule has 0 radical (unpaired) electrons. The zero-order valence-corrected chi connectivity index (χ0v) is 13.0. The molecule has 3 rings (SSSR count). The SMILES string of the molecule is Cc1cc(C)c(C(C)Nc2ccc3c(c2)OCO3)c(C)c1. The van der Waals surface area contributed by atoms with E-state index in [2.05, 4.69) is 45.1 Å². The molecule has 0 amide bonds. The highest BCUT2D eigenvalue weighted by molar-refractivity contribution is 5.57. The van der Waals surface area contributed by atoms with Crippen LogP contribution in [0.4, 0.5) is 5.69 Å². The molecule has 0 aliphatic carbocycles. The predicted molar refractivity (Wildman–Crippen MR) is 85.3 cm³/mol. The van der Waals surface area contributed by atoms with Crippen LogP contribution in [0.2, 0.25) is 0 Å². The van der Waals surface area contributed by atoms with Crippen LogP contribution in [0, 0.1) is 20.8 Å². The first-order valence-electron chi connectivity index (χ1n) is 7.28. The van der Waals surface area contributed by atoms with Gasteiger partial charge in [-0.3, -0.25) is 0 Å². The molecule has 2 aromatic rings. The summed E-state index contributed by atoms with van der Waals surface area (Å²) >= 11 is 0. The summed E-state index contributed by atoms with van der Waals surface area (Å²) in [5.41, 5.74) is 6.37. The predicted octanol–water partition coefficient (Wildman–Crippen LogP) is 4.51.